The predicted octanol–water partition coefficient (Wildman–Crippen LogP) is 2.72. The third kappa shape index (κ3) is 2.73. The van der Waals surface area contributed by atoms with Gasteiger partial charge in [0.05, 0.1) is 12.2 Å². The van der Waals surface area contributed by atoms with Gasteiger partial charge in [0, 0.05) is 37.0 Å². The first kappa shape index (κ1) is 15.7. The second-order valence-electron chi connectivity index (χ2n) is 7.76. The molecule has 6 nitrogen and oxygen atoms in total. The number of aromatic nitrogens is 4. The van der Waals surface area contributed by atoms with Crippen LogP contribution in [0.3, 0.4) is 0 Å². The molecule has 3 heterocycles. The number of hydrogen-bond donors (Lipinski definition) is 0. The van der Waals surface area contributed by atoms with Gasteiger partial charge in [-0.05, 0) is 49.7 Å². The topological polar surface area (TPSA) is 63.9 Å². The minimum atomic E-state index is 0.228. The van der Waals surface area contributed by atoms with Crippen LogP contribution in [0, 0.1) is 17.8 Å². The number of amides is 1. The number of allylic oxidation sites excluding steroid dienone is 2. The molecule has 2 fully saturated rings. The van der Waals surface area contributed by atoms with Gasteiger partial charge in [-0.1, -0.05) is 17.4 Å². The highest BCUT2D eigenvalue weighted by molar-refractivity contribution is 5.80. The minimum absolute atomic E-state index is 0.228. The van der Waals surface area contributed by atoms with Gasteiger partial charge in [-0.3, -0.25) is 9.78 Å². The van der Waals surface area contributed by atoms with Crippen molar-refractivity contribution in [1.29, 1.82) is 0 Å². The van der Waals surface area contributed by atoms with E-state index < -0.39 is 0 Å². The molecule has 134 valence electrons. The van der Waals surface area contributed by atoms with E-state index in [4.69, 9.17) is 0 Å². The lowest BCUT2D eigenvalue weighted by atomic mass is 9.91. The first-order chi connectivity index (χ1) is 12.8. The molecule has 0 aromatic carbocycles. The molecule has 0 N–H and O–H groups in total. The van der Waals surface area contributed by atoms with Crippen molar-refractivity contribution in [3.05, 3.63) is 42.9 Å². The van der Waals surface area contributed by atoms with Gasteiger partial charge in [-0.2, -0.15) is 0 Å². The lowest BCUT2D eigenvalue weighted by Crippen LogP contribution is -2.43. The number of rotatable bonds is 3. The molecule has 1 amide bonds. The van der Waals surface area contributed by atoms with Gasteiger partial charge in [-0.25, -0.2) is 4.68 Å². The number of piperidine rings is 1. The molecule has 1 aliphatic heterocycles. The summed E-state index contributed by atoms with van der Waals surface area (Å²) >= 11 is 0. The number of carbonyl (C=O) groups is 1. The smallest absolute Gasteiger partial charge is 0.226 e. The average Bonchev–Trinajstić information content (AvgIpc) is 3.45. The molecule has 0 unspecified atom stereocenters. The van der Waals surface area contributed by atoms with Crippen molar-refractivity contribution >= 4 is 5.91 Å². The molecule has 26 heavy (non-hydrogen) atoms. The van der Waals surface area contributed by atoms with Crippen molar-refractivity contribution in [2.75, 3.05) is 13.1 Å². The molecular weight excluding hydrogens is 326 g/mol. The SMILES string of the molecule is O=C([C@@H]1C[C@@H]2C=C[C@H]1C2)N1CCC(n2cc(-c3ccncc3)nn2)CC1. The summed E-state index contributed by atoms with van der Waals surface area (Å²) in [5.74, 6) is 1.74. The molecular formula is C20H23N5O. The van der Waals surface area contributed by atoms with Crippen molar-refractivity contribution in [3.8, 4) is 11.3 Å². The molecule has 1 saturated heterocycles. The van der Waals surface area contributed by atoms with Gasteiger partial charge < -0.3 is 4.90 Å². The Bertz CT molecular complexity index is 822. The summed E-state index contributed by atoms with van der Waals surface area (Å²) in [6.45, 7) is 1.65. The van der Waals surface area contributed by atoms with Crippen LogP contribution in [-0.2, 0) is 4.79 Å². The Morgan fingerprint density at radius 3 is 2.58 bits per heavy atom. The zero-order valence-corrected chi connectivity index (χ0v) is 14.7. The zero-order chi connectivity index (χ0) is 17.5. The summed E-state index contributed by atoms with van der Waals surface area (Å²) in [6, 6.07) is 4.21. The van der Waals surface area contributed by atoms with Gasteiger partial charge in [-0.15, -0.1) is 5.10 Å². The molecule has 1 saturated carbocycles. The molecule has 2 aliphatic carbocycles. The third-order valence-electron chi connectivity index (χ3n) is 6.23. The molecule has 5 rings (SSSR count). The largest absolute Gasteiger partial charge is 0.342 e. The second kappa shape index (κ2) is 6.34. The van der Waals surface area contributed by atoms with Crippen molar-refractivity contribution in [3.63, 3.8) is 0 Å². The normalized spacial score (nSPS) is 28.0. The summed E-state index contributed by atoms with van der Waals surface area (Å²) in [4.78, 5) is 19.0. The fraction of sp³-hybridized carbons (Fsp3) is 0.500. The predicted molar refractivity (Wildman–Crippen MR) is 96.9 cm³/mol. The maximum atomic E-state index is 12.9. The number of nitrogens with zero attached hydrogens (tertiary/aromatic N) is 5. The Kier molecular flexibility index (Phi) is 3.84. The Morgan fingerprint density at radius 2 is 1.88 bits per heavy atom. The fourth-order valence-electron chi connectivity index (χ4n) is 4.76. The van der Waals surface area contributed by atoms with E-state index in [0.29, 0.717) is 23.8 Å². The Labute approximate surface area is 152 Å². The van der Waals surface area contributed by atoms with Crippen LogP contribution in [0.2, 0.25) is 0 Å². The van der Waals surface area contributed by atoms with Crippen molar-refractivity contribution in [2.45, 2.75) is 31.7 Å². The van der Waals surface area contributed by atoms with Crippen LogP contribution < -0.4 is 0 Å². The molecule has 2 aromatic rings. The van der Waals surface area contributed by atoms with Crippen LogP contribution >= 0.6 is 0 Å². The van der Waals surface area contributed by atoms with Crippen LogP contribution in [0.25, 0.3) is 11.3 Å². The molecule has 2 bridgehead atoms. The van der Waals surface area contributed by atoms with Gasteiger partial charge in [0.2, 0.25) is 5.91 Å². The Hall–Kier alpha value is -2.50. The zero-order valence-electron chi connectivity index (χ0n) is 14.7. The Balaban J connectivity index is 1.22. The molecule has 3 atom stereocenters. The van der Waals surface area contributed by atoms with Crippen molar-refractivity contribution in [1.82, 2.24) is 24.9 Å². The number of likely N-dealkylation sites (tertiary alicyclic amines) is 1. The average molecular weight is 349 g/mol. The minimum Gasteiger partial charge on any atom is -0.342 e. The highest BCUT2D eigenvalue weighted by Crippen LogP contribution is 2.44. The summed E-state index contributed by atoms with van der Waals surface area (Å²) in [6.07, 6.45) is 14.2. The fourth-order valence-corrected chi connectivity index (χ4v) is 4.76. The molecule has 6 heteroatoms. The van der Waals surface area contributed by atoms with Crippen molar-refractivity contribution in [2.24, 2.45) is 17.8 Å². The number of pyridine rings is 1. The maximum absolute atomic E-state index is 12.9. The summed E-state index contributed by atoms with van der Waals surface area (Å²) in [5.41, 5.74) is 1.91. The van der Waals surface area contributed by atoms with Crippen LogP contribution in [0.5, 0.6) is 0 Å². The van der Waals surface area contributed by atoms with E-state index in [2.05, 4.69) is 32.3 Å². The van der Waals surface area contributed by atoms with E-state index in [0.717, 1.165) is 43.6 Å². The number of fused-ring (bicyclic) bond motifs is 2. The Morgan fingerprint density at radius 1 is 1.08 bits per heavy atom. The van der Waals surface area contributed by atoms with Gasteiger partial charge in [0.15, 0.2) is 0 Å². The molecule has 0 spiro atoms. The first-order valence-corrected chi connectivity index (χ1v) is 9.57. The van der Waals surface area contributed by atoms with Crippen LogP contribution in [0.4, 0.5) is 0 Å². The van der Waals surface area contributed by atoms with Crippen molar-refractivity contribution < 1.29 is 4.79 Å². The van der Waals surface area contributed by atoms with E-state index in [9.17, 15) is 4.79 Å². The first-order valence-electron chi connectivity index (χ1n) is 9.57. The van der Waals surface area contributed by atoms with Gasteiger partial charge in [0.25, 0.3) is 0 Å². The molecule has 3 aliphatic rings. The van der Waals surface area contributed by atoms with E-state index >= 15 is 0 Å². The molecule has 2 aromatic heterocycles. The maximum Gasteiger partial charge on any atom is 0.226 e. The van der Waals surface area contributed by atoms with Crippen LogP contribution in [0.1, 0.15) is 31.7 Å². The monoisotopic (exact) mass is 349 g/mol. The van der Waals surface area contributed by atoms with E-state index in [-0.39, 0.29) is 5.92 Å². The lowest BCUT2D eigenvalue weighted by molar-refractivity contribution is -0.137. The summed E-state index contributed by atoms with van der Waals surface area (Å²) in [5, 5.41) is 8.63. The summed E-state index contributed by atoms with van der Waals surface area (Å²) in [7, 11) is 0. The second-order valence-corrected chi connectivity index (χ2v) is 7.76. The van der Waals surface area contributed by atoms with Crippen LogP contribution in [-0.4, -0.2) is 43.9 Å². The highest BCUT2D eigenvalue weighted by Gasteiger charge is 2.42. The van der Waals surface area contributed by atoms with E-state index in [1.807, 2.05) is 23.0 Å². The van der Waals surface area contributed by atoms with Gasteiger partial charge in [0.1, 0.15) is 5.69 Å². The third-order valence-corrected chi connectivity index (χ3v) is 6.23. The van der Waals surface area contributed by atoms with Crippen LogP contribution in [0.15, 0.2) is 42.9 Å². The number of hydrogen-bond acceptors (Lipinski definition) is 4. The lowest BCUT2D eigenvalue weighted by Gasteiger charge is -2.34. The highest BCUT2D eigenvalue weighted by atomic mass is 16.2. The van der Waals surface area contributed by atoms with E-state index in [1.165, 1.54) is 6.42 Å². The summed E-state index contributed by atoms with van der Waals surface area (Å²) < 4.78 is 1.97. The quantitative estimate of drug-likeness (QED) is 0.799. The molecule has 0 radical (unpaired) electrons. The van der Waals surface area contributed by atoms with Gasteiger partial charge >= 0.3 is 0 Å². The number of carbonyl (C=O) groups excluding carboxylic acids is 1. The van der Waals surface area contributed by atoms with E-state index in [1.54, 1.807) is 12.4 Å². The standard InChI is InChI=1S/C20H23N5O/c26-20(18-12-14-1-2-16(18)11-14)24-9-5-17(6-10-24)25-13-19(22-23-25)15-3-7-21-8-4-15/h1-4,7-8,13-14,16-18H,5-6,9-12H2/t14-,16+,18-/m1/s1.